The van der Waals surface area contributed by atoms with Crippen LogP contribution in [0.4, 0.5) is 0 Å². The summed E-state index contributed by atoms with van der Waals surface area (Å²) in [7, 11) is -0.562. The van der Waals surface area contributed by atoms with Crippen LogP contribution in [0.25, 0.3) is 0 Å². The molecule has 7 rings (SSSR count). The molecule has 4 aliphatic rings. The van der Waals surface area contributed by atoms with Gasteiger partial charge < -0.3 is 9.47 Å². The first kappa shape index (κ1) is 19.5. The number of aliphatic imine (C=N–C) groups is 2. The minimum absolute atomic E-state index is 0.153. The third-order valence-electron chi connectivity index (χ3n) is 7.21. The predicted octanol–water partition coefficient (Wildman–Crippen LogP) is 4.98. The van der Waals surface area contributed by atoms with Crippen LogP contribution in [0, 0.1) is 0 Å². The third-order valence-corrected chi connectivity index (χ3v) is 9.54. The Bertz CT molecular complexity index is 1190. The fourth-order valence-corrected chi connectivity index (χ4v) is 7.71. The quantitative estimate of drug-likeness (QED) is 0.513. The molecule has 3 aromatic carbocycles. The van der Waals surface area contributed by atoms with Gasteiger partial charge in [0.05, 0.1) is 0 Å². The monoisotopic (exact) mass is 452 g/mol. The first-order valence-corrected chi connectivity index (χ1v) is 13.5. The molecule has 0 saturated carbocycles. The van der Waals surface area contributed by atoms with E-state index in [-0.39, 0.29) is 24.3 Å². The lowest BCUT2D eigenvalue weighted by molar-refractivity contribution is 0.204. The van der Waals surface area contributed by atoms with Crippen molar-refractivity contribution in [3.63, 3.8) is 0 Å². The van der Waals surface area contributed by atoms with E-state index in [2.05, 4.69) is 78.9 Å². The van der Waals surface area contributed by atoms with Crippen molar-refractivity contribution in [3.8, 4) is 0 Å². The summed E-state index contributed by atoms with van der Waals surface area (Å²) in [4.78, 5) is 10.1. The van der Waals surface area contributed by atoms with Gasteiger partial charge in [-0.25, -0.2) is 9.98 Å². The number of hydrogen-bond acceptors (Lipinski definition) is 4. The molecule has 0 spiro atoms. The van der Waals surface area contributed by atoms with Crippen LogP contribution in [0.3, 0.4) is 0 Å². The fraction of sp³-hybridized carbons (Fsp3) is 0.286. The summed E-state index contributed by atoms with van der Waals surface area (Å²) < 4.78 is 12.8. The number of rotatable bonds is 5. The van der Waals surface area contributed by atoms with Crippen LogP contribution in [-0.2, 0) is 22.3 Å². The van der Waals surface area contributed by atoms with E-state index in [1.54, 1.807) is 0 Å². The maximum absolute atomic E-state index is 6.39. The molecule has 2 aliphatic carbocycles. The zero-order valence-corrected chi connectivity index (χ0v) is 19.2. The van der Waals surface area contributed by atoms with Gasteiger partial charge in [-0.1, -0.05) is 86.8 Å². The molecule has 0 N–H and O–H groups in total. The highest BCUT2D eigenvalue weighted by Crippen LogP contribution is 2.45. The molecule has 2 heterocycles. The molecule has 5 heteroatoms. The van der Waals surface area contributed by atoms with E-state index in [1.807, 2.05) is 0 Å². The standard InChI is InChI=1S/C28H25N2O2P/c1-2-10-20(11-3-1)33(16-25-29-27-21-12-6-4-8-18(21)14-23(27)31-25)17-26-30-28-22-13-7-5-9-19(22)15-24(28)32-26/h1-13,23-24,27-28H,14-17H2/t23-,24-,27+,28+/m0/s1. The Morgan fingerprint density at radius 2 is 1.12 bits per heavy atom. The van der Waals surface area contributed by atoms with E-state index in [4.69, 9.17) is 19.5 Å². The summed E-state index contributed by atoms with van der Waals surface area (Å²) in [5.41, 5.74) is 5.41. The molecule has 0 radical (unpaired) electrons. The number of nitrogens with zero attached hydrogens (tertiary/aromatic N) is 2. The molecule has 2 aliphatic heterocycles. The van der Waals surface area contributed by atoms with Crippen LogP contribution >= 0.6 is 7.92 Å². The molecular weight excluding hydrogens is 427 g/mol. The van der Waals surface area contributed by atoms with Gasteiger partial charge in [-0.05, 0) is 27.6 Å². The number of benzene rings is 3. The van der Waals surface area contributed by atoms with Gasteiger partial charge in [-0.2, -0.15) is 0 Å². The maximum atomic E-state index is 6.39. The summed E-state index contributed by atoms with van der Waals surface area (Å²) in [5, 5.41) is 1.35. The number of ether oxygens (including phenoxy) is 2. The van der Waals surface area contributed by atoms with E-state index in [0.717, 1.165) is 37.0 Å². The van der Waals surface area contributed by atoms with E-state index in [1.165, 1.54) is 27.6 Å². The fourth-order valence-electron chi connectivity index (χ4n) is 5.67. The highest BCUT2D eigenvalue weighted by Gasteiger charge is 2.41. The summed E-state index contributed by atoms with van der Waals surface area (Å²) >= 11 is 0. The summed E-state index contributed by atoms with van der Waals surface area (Å²) in [6.45, 7) is 0. The average molecular weight is 452 g/mol. The molecule has 0 fully saturated rings. The number of hydrogen-bond donors (Lipinski definition) is 0. The Morgan fingerprint density at radius 1 is 0.636 bits per heavy atom. The second kappa shape index (κ2) is 7.81. The van der Waals surface area contributed by atoms with Crippen molar-refractivity contribution in [2.75, 3.05) is 12.3 Å². The van der Waals surface area contributed by atoms with Crippen molar-refractivity contribution in [1.29, 1.82) is 0 Å². The summed E-state index contributed by atoms with van der Waals surface area (Å²) in [5.74, 6) is 1.80. The van der Waals surface area contributed by atoms with Crippen LogP contribution in [0.2, 0.25) is 0 Å². The Hall–Kier alpha value is -2.97. The Kier molecular flexibility index (Phi) is 4.62. The normalized spacial score (nSPS) is 26.1. The molecule has 33 heavy (non-hydrogen) atoms. The highest BCUT2D eigenvalue weighted by atomic mass is 31.1. The second-order valence-electron chi connectivity index (χ2n) is 9.25. The van der Waals surface area contributed by atoms with Gasteiger partial charge in [0, 0.05) is 25.2 Å². The molecule has 0 saturated heterocycles. The van der Waals surface area contributed by atoms with E-state index >= 15 is 0 Å². The Labute approximate surface area is 195 Å². The predicted molar refractivity (Wildman–Crippen MR) is 133 cm³/mol. The molecular formula is C28H25N2O2P. The first-order chi connectivity index (χ1) is 16.3. The minimum Gasteiger partial charge on any atom is -0.474 e. The zero-order chi connectivity index (χ0) is 21.8. The second-order valence-corrected chi connectivity index (χ2v) is 11.5. The largest absolute Gasteiger partial charge is 0.474 e. The molecule has 4 atom stereocenters. The molecule has 3 aromatic rings. The van der Waals surface area contributed by atoms with Crippen LogP contribution < -0.4 is 5.30 Å². The summed E-state index contributed by atoms with van der Waals surface area (Å²) in [6.07, 6.45) is 3.89. The van der Waals surface area contributed by atoms with Crippen LogP contribution in [-0.4, -0.2) is 36.3 Å². The Morgan fingerprint density at radius 3 is 1.67 bits per heavy atom. The van der Waals surface area contributed by atoms with Crippen molar-refractivity contribution in [2.45, 2.75) is 37.1 Å². The third kappa shape index (κ3) is 3.40. The lowest BCUT2D eigenvalue weighted by atomic mass is 10.1. The molecule has 4 nitrogen and oxygen atoms in total. The smallest absolute Gasteiger partial charge is 0.189 e. The highest BCUT2D eigenvalue weighted by molar-refractivity contribution is 7.67. The van der Waals surface area contributed by atoms with Gasteiger partial charge in [-0.3, -0.25) is 0 Å². The van der Waals surface area contributed by atoms with Gasteiger partial charge >= 0.3 is 0 Å². The maximum Gasteiger partial charge on any atom is 0.189 e. The van der Waals surface area contributed by atoms with Gasteiger partial charge in [0.15, 0.2) is 11.8 Å². The SMILES string of the molecule is c1ccc(P(CC2=N[C@@H]3c4ccccc4C[C@@H]3O2)CC2=N[C@@H]3c4ccccc4C[C@@H]3O2)cc1. The zero-order valence-electron chi connectivity index (χ0n) is 18.3. The lowest BCUT2D eigenvalue weighted by Crippen LogP contribution is -2.21. The lowest BCUT2D eigenvalue weighted by Gasteiger charge is -2.19. The van der Waals surface area contributed by atoms with Gasteiger partial charge in [0.1, 0.15) is 24.3 Å². The van der Waals surface area contributed by atoms with Gasteiger partial charge in [-0.15, -0.1) is 0 Å². The van der Waals surface area contributed by atoms with E-state index in [9.17, 15) is 0 Å². The van der Waals surface area contributed by atoms with E-state index in [0.29, 0.717) is 0 Å². The molecule has 164 valence electrons. The summed E-state index contributed by atoms with van der Waals surface area (Å²) in [6, 6.07) is 28.3. The molecule has 0 bridgehead atoms. The van der Waals surface area contributed by atoms with E-state index < -0.39 is 7.92 Å². The minimum atomic E-state index is -0.562. The number of fused-ring (bicyclic) bond motifs is 6. The van der Waals surface area contributed by atoms with Crippen molar-refractivity contribution in [3.05, 3.63) is 101 Å². The first-order valence-electron chi connectivity index (χ1n) is 11.7. The van der Waals surface area contributed by atoms with Crippen molar-refractivity contribution >= 4 is 25.0 Å². The van der Waals surface area contributed by atoms with Crippen LogP contribution in [0.1, 0.15) is 34.3 Å². The molecule has 0 unspecified atom stereocenters. The van der Waals surface area contributed by atoms with Crippen molar-refractivity contribution in [2.24, 2.45) is 9.98 Å². The van der Waals surface area contributed by atoms with Crippen molar-refractivity contribution < 1.29 is 9.47 Å². The average Bonchev–Trinajstić information content (AvgIpc) is 3.58. The van der Waals surface area contributed by atoms with Crippen LogP contribution in [0.15, 0.2) is 88.8 Å². The molecule has 0 aromatic heterocycles. The Balaban J connectivity index is 1.14. The van der Waals surface area contributed by atoms with Gasteiger partial charge in [0.2, 0.25) is 0 Å². The van der Waals surface area contributed by atoms with Gasteiger partial charge in [0.25, 0.3) is 0 Å². The topological polar surface area (TPSA) is 43.2 Å². The van der Waals surface area contributed by atoms with Crippen molar-refractivity contribution in [1.82, 2.24) is 0 Å². The van der Waals surface area contributed by atoms with Crippen LogP contribution in [0.5, 0.6) is 0 Å². The molecule has 0 amide bonds.